The average Bonchev–Trinajstić information content (AvgIpc) is 3.27. The van der Waals surface area contributed by atoms with E-state index in [1.807, 2.05) is 4.57 Å². The Labute approximate surface area is 154 Å². The Morgan fingerprint density at radius 1 is 1.46 bits per heavy atom. The number of amides is 1. The van der Waals surface area contributed by atoms with Gasteiger partial charge in [0.15, 0.2) is 16.7 Å². The summed E-state index contributed by atoms with van der Waals surface area (Å²) in [6, 6.07) is 5.21. The molecule has 0 radical (unpaired) electrons. The summed E-state index contributed by atoms with van der Waals surface area (Å²) in [5.41, 5.74) is 0. The predicted octanol–water partition coefficient (Wildman–Crippen LogP) is 3.67. The van der Waals surface area contributed by atoms with Gasteiger partial charge >= 0.3 is 0 Å². The predicted molar refractivity (Wildman–Crippen MR) is 94.1 cm³/mol. The number of carbonyl (C=O) groups excluding carboxylic acids is 1. The molecule has 1 atom stereocenters. The maximum absolute atomic E-state index is 12.2. The van der Waals surface area contributed by atoms with Crippen molar-refractivity contribution in [3.63, 3.8) is 0 Å². The third-order valence-electron chi connectivity index (χ3n) is 3.63. The van der Waals surface area contributed by atoms with Crippen LogP contribution in [0.1, 0.15) is 31.6 Å². The van der Waals surface area contributed by atoms with Crippen molar-refractivity contribution in [1.29, 1.82) is 0 Å². The van der Waals surface area contributed by atoms with E-state index >= 15 is 0 Å². The van der Waals surface area contributed by atoms with Gasteiger partial charge in [0.2, 0.25) is 0 Å². The smallest absolute Gasteiger partial charge is 0.261 e. The zero-order valence-corrected chi connectivity index (χ0v) is 15.2. The number of halogens is 2. The molecular formula is C15H16Cl2N4O2S. The van der Waals surface area contributed by atoms with Gasteiger partial charge in [-0.2, -0.15) is 5.10 Å². The fourth-order valence-corrected chi connectivity index (χ4v) is 3.14. The van der Waals surface area contributed by atoms with E-state index in [0.717, 1.165) is 12.8 Å². The minimum Gasteiger partial charge on any atom is -0.481 e. The molecule has 128 valence electrons. The van der Waals surface area contributed by atoms with Crippen molar-refractivity contribution in [2.75, 3.05) is 0 Å². The zero-order chi connectivity index (χ0) is 17.3. The monoisotopic (exact) mass is 386 g/mol. The van der Waals surface area contributed by atoms with Gasteiger partial charge in [0, 0.05) is 16.1 Å². The van der Waals surface area contributed by atoms with Gasteiger partial charge in [-0.3, -0.25) is 14.5 Å². The summed E-state index contributed by atoms with van der Waals surface area (Å²) < 4.78 is 8.12. The fraction of sp³-hybridized carbons (Fsp3) is 0.400. The quantitative estimate of drug-likeness (QED) is 0.742. The Morgan fingerprint density at radius 3 is 2.75 bits per heavy atom. The van der Waals surface area contributed by atoms with Crippen molar-refractivity contribution in [1.82, 2.24) is 20.1 Å². The highest BCUT2D eigenvalue weighted by Gasteiger charge is 2.27. The van der Waals surface area contributed by atoms with Gasteiger partial charge < -0.3 is 10.1 Å². The number of nitrogens with zero attached hydrogens (tertiary/aromatic N) is 2. The minimum atomic E-state index is -0.698. The van der Waals surface area contributed by atoms with Gasteiger partial charge in [-0.25, -0.2) is 0 Å². The van der Waals surface area contributed by atoms with Crippen LogP contribution in [0.5, 0.6) is 5.75 Å². The summed E-state index contributed by atoms with van der Waals surface area (Å²) in [6.07, 6.45) is 1.48. The van der Waals surface area contributed by atoms with Crippen LogP contribution in [-0.2, 0) is 11.3 Å². The molecule has 1 aromatic heterocycles. The highest BCUT2D eigenvalue weighted by molar-refractivity contribution is 7.71. The van der Waals surface area contributed by atoms with E-state index in [0.29, 0.717) is 32.4 Å². The Kier molecular flexibility index (Phi) is 5.12. The number of hydrogen-bond acceptors (Lipinski definition) is 4. The largest absolute Gasteiger partial charge is 0.481 e. The first-order valence-electron chi connectivity index (χ1n) is 7.50. The van der Waals surface area contributed by atoms with E-state index in [1.165, 1.54) is 0 Å². The number of nitrogens with one attached hydrogen (secondary N) is 2. The average molecular weight is 387 g/mol. The summed E-state index contributed by atoms with van der Waals surface area (Å²) >= 11 is 17.1. The second-order valence-corrected chi connectivity index (χ2v) is 6.89. The molecule has 1 aliphatic rings. The van der Waals surface area contributed by atoms with E-state index in [9.17, 15) is 4.79 Å². The fourth-order valence-electron chi connectivity index (χ4n) is 2.34. The van der Waals surface area contributed by atoms with Crippen molar-refractivity contribution in [2.24, 2.45) is 0 Å². The maximum Gasteiger partial charge on any atom is 0.261 e. The van der Waals surface area contributed by atoms with Gasteiger partial charge in [0.05, 0.1) is 6.54 Å². The lowest BCUT2D eigenvalue weighted by Crippen LogP contribution is -2.36. The molecule has 0 bridgehead atoms. The maximum atomic E-state index is 12.2. The molecule has 9 heteroatoms. The molecule has 1 aliphatic carbocycles. The molecule has 2 aromatic rings. The molecule has 0 saturated heterocycles. The lowest BCUT2D eigenvalue weighted by Gasteiger charge is -2.15. The van der Waals surface area contributed by atoms with Crippen LogP contribution in [0.25, 0.3) is 0 Å². The van der Waals surface area contributed by atoms with Crippen molar-refractivity contribution in [3.8, 4) is 5.75 Å². The first-order valence-corrected chi connectivity index (χ1v) is 8.66. The van der Waals surface area contributed by atoms with Gasteiger partial charge in [-0.05, 0) is 50.2 Å². The van der Waals surface area contributed by atoms with Crippen molar-refractivity contribution >= 4 is 41.3 Å². The molecule has 3 rings (SSSR count). The molecule has 6 nitrogen and oxygen atoms in total. The molecule has 0 unspecified atom stereocenters. The first kappa shape index (κ1) is 17.3. The van der Waals surface area contributed by atoms with Crippen LogP contribution in [0.15, 0.2) is 18.2 Å². The van der Waals surface area contributed by atoms with Gasteiger partial charge in [-0.1, -0.05) is 23.2 Å². The number of aromatic amines is 1. The number of aromatic nitrogens is 3. The molecule has 1 aromatic carbocycles. The van der Waals surface area contributed by atoms with Crippen LogP contribution in [0.4, 0.5) is 0 Å². The van der Waals surface area contributed by atoms with Gasteiger partial charge in [0.25, 0.3) is 5.91 Å². The van der Waals surface area contributed by atoms with Gasteiger partial charge in [0.1, 0.15) is 5.75 Å². The lowest BCUT2D eigenvalue weighted by molar-refractivity contribution is -0.127. The van der Waals surface area contributed by atoms with Crippen molar-refractivity contribution in [3.05, 3.63) is 38.8 Å². The normalized spacial score (nSPS) is 15.1. The zero-order valence-electron chi connectivity index (χ0n) is 12.9. The Balaban J connectivity index is 1.59. The molecule has 1 heterocycles. The molecule has 2 N–H and O–H groups in total. The number of benzene rings is 1. The van der Waals surface area contributed by atoms with Crippen molar-refractivity contribution in [2.45, 2.75) is 38.5 Å². The molecule has 0 aliphatic heterocycles. The van der Waals surface area contributed by atoms with Crippen LogP contribution in [0, 0.1) is 4.77 Å². The van der Waals surface area contributed by atoms with E-state index in [-0.39, 0.29) is 12.5 Å². The second-order valence-electron chi connectivity index (χ2n) is 5.63. The Morgan fingerprint density at radius 2 is 2.12 bits per heavy atom. The summed E-state index contributed by atoms with van der Waals surface area (Å²) in [7, 11) is 0. The number of ether oxygens (including phenoxy) is 1. The number of H-pyrrole nitrogens is 1. The van der Waals surface area contributed by atoms with E-state index in [4.69, 9.17) is 40.2 Å². The standard InChI is InChI=1S/C15H16Cl2N4O2S/c1-8(23-12-5-9(16)4-10(17)6-12)14(22)18-7-13-19-20-15(24)21(13)11-2-3-11/h4-6,8,11H,2-3,7H2,1H3,(H,18,22)(H,20,24)/t8-/m1/s1. The molecule has 1 fully saturated rings. The van der Waals surface area contributed by atoms with Crippen LogP contribution in [0.2, 0.25) is 10.0 Å². The Hall–Kier alpha value is -1.57. The number of hydrogen-bond donors (Lipinski definition) is 2. The highest BCUT2D eigenvalue weighted by Crippen LogP contribution is 2.35. The highest BCUT2D eigenvalue weighted by atomic mass is 35.5. The van der Waals surface area contributed by atoms with Crippen LogP contribution in [-0.4, -0.2) is 26.8 Å². The third kappa shape index (κ3) is 4.09. The summed E-state index contributed by atoms with van der Waals surface area (Å²) in [6.45, 7) is 1.94. The number of rotatable bonds is 6. The summed E-state index contributed by atoms with van der Waals surface area (Å²) in [5, 5.41) is 10.6. The van der Waals surface area contributed by atoms with Crippen LogP contribution >= 0.6 is 35.4 Å². The van der Waals surface area contributed by atoms with E-state index < -0.39 is 6.10 Å². The number of carbonyl (C=O) groups is 1. The van der Waals surface area contributed by atoms with E-state index in [1.54, 1.807) is 25.1 Å². The minimum absolute atomic E-state index is 0.262. The van der Waals surface area contributed by atoms with Gasteiger partial charge in [-0.15, -0.1) is 0 Å². The van der Waals surface area contributed by atoms with Crippen LogP contribution in [0.3, 0.4) is 0 Å². The third-order valence-corrected chi connectivity index (χ3v) is 4.35. The Bertz CT molecular complexity index is 796. The first-order chi connectivity index (χ1) is 11.4. The summed E-state index contributed by atoms with van der Waals surface area (Å²) in [4.78, 5) is 12.2. The lowest BCUT2D eigenvalue weighted by atomic mass is 10.3. The molecular weight excluding hydrogens is 371 g/mol. The second kappa shape index (κ2) is 7.13. The topological polar surface area (TPSA) is 71.9 Å². The SMILES string of the molecule is C[C@@H](Oc1cc(Cl)cc(Cl)c1)C(=O)NCc1n[nH]c(=S)n1C1CC1. The molecule has 24 heavy (non-hydrogen) atoms. The van der Waals surface area contributed by atoms with E-state index in [2.05, 4.69) is 15.5 Å². The van der Waals surface area contributed by atoms with Crippen LogP contribution < -0.4 is 10.1 Å². The molecule has 1 saturated carbocycles. The van der Waals surface area contributed by atoms with Crippen molar-refractivity contribution < 1.29 is 9.53 Å². The molecule has 0 spiro atoms. The molecule has 1 amide bonds. The summed E-state index contributed by atoms with van der Waals surface area (Å²) in [5.74, 6) is 0.895.